The first-order chi connectivity index (χ1) is 8.67. The maximum atomic E-state index is 9.47. The molecular formula is C13H21N3O2. The lowest BCUT2D eigenvalue weighted by molar-refractivity contribution is 0.126. The van der Waals surface area contributed by atoms with Gasteiger partial charge in [0.15, 0.2) is 0 Å². The van der Waals surface area contributed by atoms with E-state index in [2.05, 4.69) is 15.3 Å². The van der Waals surface area contributed by atoms with Crippen LogP contribution in [0.15, 0.2) is 6.07 Å². The number of ether oxygens (including phenoxy) is 1. The topological polar surface area (TPSA) is 67.3 Å². The van der Waals surface area contributed by atoms with E-state index in [1.807, 2.05) is 19.9 Å². The van der Waals surface area contributed by atoms with E-state index >= 15 is 0 Å². The van der Waals surface area contributed by atoms with Gasteiger partial charge in [-0.1, -0.05) is 0 Å². The fraction of sp³-hybridized carbons (Fsp3) is 0.692. The molecule has 0 aliphatic heterocycles. The van der Waals surface area contributed by atoms with E-state index in [1.54, 1.807) is 0 Å². The second-order valence-corrected chi connectivity index (χ2v) is 4.75. The van der Waals surface area contributed by atoms with Crippen LogP contribution in [-0.2, 0) is 0 Å². The van der Waals surface area contributed by atoms with Crippen LogP contribution in [0.3, 0.4) is 0 Å². The van der Waals surface area contributed by atoms with Gasteiger partial charge in [0, 0.05) is 17.8 Å². The van der Waals surface area contributed by atoms with Gasteiger partial charge in [0.05, 0.1) is 12.7 Å². The number of aliphatic hydroxyl groups excluding tert-OH is 1. The monoisotopic (exact) mass is 251 g/mol. The zero-order valence-electron chi connectivity index (χ0n) is 11.0. The first-order valence-electron chi connectivity index (χ1n) is 6.60. The number of aryl methyl sites for hydroxylation is 1. The van der Waals surface area contributed by atoms with Gasteiger partial charge in [-0.15, -0.1) is 0 Å². The first-order valence-corrected chi connectivity index (χ1v) is 6.60. The highest BCUT2D eigenvalue weighted by Crippen LogP contribution is 2.21. The van der Waals surface area contributed by atoms with Crippen LogP contribution in [0.2, 0.25) is 0 Å². The number of rotatable bonds is 4. The fourth-order valence-corrected chi connectivity index (χ4v) is 2.23. The largest absolute Gasteiger partial charge is 0.478 e. The number of anilines is 1. The van der Waals surface area contributed by atoms with Crippen molar-refractivity contribution in [1.82, 2.24) is 9.97 Å². The number of hydrogen-bond acceptors (Lipinski definition) is 5. The van der Waals surface area contributed by atoms with Crippen LogP contribution in [0.5, 0.6) is 5.88 Å². The van der Waals surface area contributed by atoms with E-state index < -0.39 is 0 Å². The van der Waals surface area contributed by atoms with Gasteiger partial charge in [0.1, 0.15) is 0 Å². The number of nitrogens with zero attached hydrogens (tertiary/aromatic N) is 2. The minimum absolute atomic E-state index is 0.138. The molecule has 0 bridgehead atoms. The van der Waals surface area contributed by atoms with Crippen LogP contribution in [0.25, 0.3) is 0 Å². The average molecular weight is 251 g/mol. The predicted molar refractivity (Wildman–Crippen MR) is 69.8 cm³/mol. The quantitative estimate of drug-likeness (QED) is 0.855. The molecular weight excluding hydrogens is 230 g/mol. The van der Waals surface area contributed by atoms with Crippen LogP contribution in [0, 0.1) is 6.92 Å². The van der Waals surface area contributed by atoms with Crippen LogP contribution in [0.4, 0.5) is 5.95 Å². The molecule has 0 aromatic carbocycles. The van der Waals surface area contributed by atoms with Gasteiger partial charge >= 0.3 is 0 Å². The molecule has 0 unspecified atom stereocenters. The Hall–Kier alpha value is -1.36. The Balaban J connectivity index is 2.00. The Morgan fingerprint density at radius 3 is 2.72 bits per heavy atom. The molecule has 2 N–H and O–H groups in total. The molecule has 1 saturated carbocycles. The van der Waals surface area contributed by atoms with Crippen LogP contribution >= 0.6 is 0 Å². The van der Waals surface area contributed by atoms with Crippen molar-refractivity contribution in [3.8, 4) is 5.88 Å². The summed E-state index contributed by atoms with van der Waals surface area (Å²) in [6.07, 6.45) is 3.48. The van der Waals surface area contributed by atoms with Gasteiger partial charge in [-0.2, -0.15) is 4.98 Å². The van der Waals surface area contributed by atoms with Crippen LogP contribution < -0.4 is 10.1 Å². The summed E-state index contributed by atoms with van der Waals surface area (Å²) in [5.74, 6) is 1.24. The molecule has 1 heterocycles. The van der Waals surface area contributed by atoms with Crippen molar-refractivity contribution in [3.05, 3.63) is 11.8 Å². The highest BCUT2D eigenvalue weighted by Gasteiger charge is 2.20. The van der Waals surface area contributed by atoms with Gasteiger partial charge in [-0.3, -0.25) is 0 Å². The Labute approximate surface area is 108 Å². The normalized spacial score (nSPS) is 23.7. The molecule has 18 heavy (non-hydrogen) atoms. The Morgan fingerprint density at radius 1 is 1.33 bits per heavy atom. The molecule has 1 aliphatic rings. The van der Waals surface area contributed by atoms with Crippen molar-refractivity contribution >= 4 is 5.95 Å². The highest BCUT2D eigenvalue weighted by atomic mass is 16.5. The highest BCUT2D eigenvalue weighted by molar-refractivity contribution is 5.31. The molecule has 0 spiro atoms. The van der Waals surface area contributed by atoms with Gasteiger partial charge in [-0.25, -0.2) is 4.98 Å². The van der Waals surface area contributed by atoms with E-state index in [9.17, 15) is 5.11 Å². The van der Waals surface area contributed by atoms with E-state index in [0.29, 0.717) is 24.5 Å². The molecule has 1 aliphatic carbocycles. The lowest BCUT2D eigenvalue weighted by Gasteiger charge is -2.26. The molecule has 5 nitrogen and oxygen atoms in total. The zero-order valence-corrected chi connectivity index (χ0v) is 11.0. The van der Waals surface area contributed by atoms with Crippen LogP contribution in [0.1, 0.15) is 38.3 Å². The number of hydrogen-bond donors (Lipinski definition) is 2. The van der Waals surface area contributed by atoms with Gasteiger partial charge in [-0.05, 0) is 39.5 Å². The molecule has 0 amide bonds. The Kier molecular flexibility index (Phi) is 4.36. The third-order valence-corrected chi connectivity index (χ3v) is 3.15. The van der Waals surface area contributed by atoms with Gasteiger partial charge in [0.25, 0.3) is 0 Å². The summed E-state index contributed by atoms with van der Waals surface area (Å²) in [5.41, 5.74) is 0.895. The first kappa shape index (κ1) is 13.1. The van der Waals surface area contributed by atoms with Gasteiger partial charge < -0.3 is 15.2 Å². The minimum atomic E-state index is -0.138. The summed E-state index contributed by atoms with van der Waals surface area (Å²) >= 11 is 0. The van der Waals surface area contributed by atoms with Crippen molar-refractivity contribution in [2.75, 3.05) is 11.9 Å². The second-order valence-electron chi connectivity index (χ2n) is 4.75. The maximum absolute atomic E-state index is 9.47. The van der Waals surface area contributed by atoms with E-state index in [4.69, 9.17) is 4.74 Å². The summed E-state index contributed by atoms with van der Waals surface area (Å²) in [7, 11) is 0. The Morgan fingerprint density at radius 2 is 2.06 bits per heavy atom. The van der Waals surface area contributed by atoms with Crippen molar-refractivity contribution < 1.29 is 9.84 Å². The number of aromatic nitrogens is 2. The molecule has 100 valence electrons. The Bertz CT molecular complexity index is 390. The molecule has 1 aromatic heterocycles. The molecule has 5 heteroatoms. The molecule has 2 rings (SSSR count). The summed E-state index contributed by atoms with van der Waals surface area (Å²) < 4.78 is 5.40. The van der Waals surface area contributed by atoms with E-state index in [0.717, 1.165) is 31.4 Å². The van der Waals surface area contributed by atoms with Crippen molar-refractivity contribution in [2.45, 2.75) is 51.7 Å². The van der Waals surface area contributed by atoms with Crippen molar-refractivity contribution in [2.24, 2.45) is 0 Å². The molecule has 0 saturated heterocycles. The summed E-state index contributed by atoms with van der Waals surface area (Å²) in [6, 6.07) is 2.18. The third-order valence-electron chi connectivity index (χ3n) is 3.15. The minimum Gasteiger partial charge on any atom is -0.478 e. The van der Waals surface area contributed by atoms with Crippen molar-refractivity contribution in [1.29, 1.82) is 0 Å². The smallest absolute Gasteiger partial charge is 0.226 e. The van der Waals surface area contributed by atoms with Crippen LogP contribution in [-0.4, -0.2) is 33.8 Å². The molecule has 1 fully saturated rings. The fourth-order valence-electron chi connectivity index (χ4n) is 2.23. The SMILES string of the molecule is CCOc1cc(C)nc(NC2CCC(O)CC2)n1. The number of aliphatic hydroxyl groups is 1. The summed E-state index contributed by atoms with van der Waals surface area (Å²) in [6.45, 7) is 4.47. The standard InChI is InChI=1S/C13H21N3O2/c1-3-18-12-8-9(2)14-13(16-12)15-10-4-6-11(17)7-5-10/h8,10-11,17H,3-7H2,1-2H3,(H,14,15,16). The molecule has 1 aromatic rings. The lowest BCUT2D eigenvalue weighted by atomic mass is 9.93. The van der Waals surface area contributed by atoms with E-state index in [-0.39, 0.29) is 6.10 Å². The summed E-state index contributed by atoms with van der Waals surface area (Å²) in [5, 5.41) is 12.8. The summed E-state index contributed by atoms with van der Waals surface area (Å²) in [4.78, 5) is 8.69. The zero-order chi connectivity index (χ0) is 13.0. The molecule has 0 atom stereocenters. The molecule has 0 radical (unpaired) electrons. The third kappa shape index (κ3) is 3.57. The second kappa shape index (κ2) is 6.00. The van der Waals surface area contributed by atoms with E-state index in [1.165, 1.54) is 0 Å². The van der Waals surface area contributed by atoms with Crippen molar-refractivity contribution in [3.63, 3.8) is 0 Å². The number of nitrogens with one attached hydrogen (secondary N) is 1. The van der Waals surface area contributed by atoms with Gasteiger partial charge in [0.2, 0.25) is 11.8 Å². The average Bonchev–Trinajstić information content (AvgIpc) is 2.32. The maximum Gasteiger partial charge on any atom is 0.226 e. The predicted octanol–water partition coefficient (Wildman–Crippen LogP) is 1.90. The lowest BCUT2D eigenvalue weighted by Crippen LogP contribution is -2.29.